The molecule has 112 valence electrons. The van der Waals surface area contributed by atoms with Crippen molar-refractivity contribution in [3.63, 3.8) is 0 Å². The minimum Gasteiger partial charge on any atom is -0.400 e. The third-order valence-corrected chi connectivity index (χ3v) is 8.52. The van der Waals surface area contributed by atoms with Gasteiger partial charge in [0.2, 0.25) is 0 Å². The molecular formula is C16H32O2Si. The lowest BCUT2D eigenvalue weighted by molar-refractivity contribution is 0.104. The lowest BCUT2D eigenvalue weighted by atomic mass is 9.67. The Morgan fingerprint density at radius 3 is 1.84 bits per heavy atom. The highest BCUT2D eigenvalue weighted by atomic mass is 28.3. The first-order valence-electron chi connectivity index (χ1n) is 8.18. The second-order valence-corrected chi connectivity index (χ2v) is 9.97. The van der Waals surface area contributed by atoms with Crippen LogP contribution >= 0.6 is 0 Å². The molecule has 2 atom stereocenters. The summed E-state index contributed by atoms with van der Waals surface area (Å²) in [4.78, 5) is 0. The van der Waals surface area contributed by atoms with Gasteiger partial charge < -0.3 is 8.85 Å². The van der Waals surface area contributed by atoms with Crippen LogP contribution < -0.4 is 0 Å². The van der Waals surface area contributed by atoms with Gasteiger partial charge in [-0.3, -0.25) is 0 Å². The molecule has 0 saturated heterocycles. The quantitative estimate of drug-likeness (QED) is 0.718. The Hall–Kier alpha value is 0.137. The van der Waals surface area contributed by atoms with Gasteiger partial charge in [-0.15, -0.1) is 0 Å². The molecule has 0 aromatic heterocycles. The molecule has 2 rings (SSSR count). The van der Waals surface area contributed by atoms with Crippen molar-refractivity contribution < 1.29 is 8.85 Å². The molecule has 0 bridgehead atoms. The highest BCUT2D eigenvalue weighted by Crippen LogP contribution is 2.57. The summed E-state index contributed by atoms with van der Waals surface area (Å²) in [5, 5.41) is 0.421. The number of rotatable bonds is 4. The van der Waals surface area contributed by atoms with Gasteiger partial charge in [-0.05, 0) is 49.9 Å². The lowest BCUT2D eigenvalue weighted by Crippen LogP contribution is -2.45. The van der Waals surface area contributed by atoms with Crippen LogP contribution in [0.4, 0.5) is 0 Å². The van der Waals surface area contributed by atoms with E-state index >= 15 is 0 Å². The van der Waals surface area contributed by atoms with Gasteiger partial charge in [-0.2, -0.15) is 0 Å². The van der Waals surface area contributed by atoms with Crippen molar-refractivity contribution in [2.45, 2.75) is 70.3 Å². The molecule has 3 heteroatoms. The fourth-order valence-electron chi connectivity index (χ4n) is 5.03. The summed E-state index contributed by atoms with van der Waals surface area (Å²) in [6, 6.07) is 0. The van der Waals surface area contributed by atoms with Crippen molar-refractivity contribution in [3.05, 3.63) is 0 Å². The Kier molecular flexibility index (Phi) is 5.50. The first-order valence-corrected chi connectivity index (χ1v) is 9.70. The monoisotopic (exact) mass is 284 g/mol. The number of hydrogen-bond acceptors (Lipinski definition) is 2. The van der Waals surface area contributed by atoms with E-state index in [9.17, 15) is 0 Å². The van der Waals surface area contributed by atoms with Gasteiger partial charge in [-0.25, -0.2) is 0 Å². The van der Waals surface area contributed by atoms with Crippen LogP contribution in [-0.4, -0.2) is 23.5 Å². The molecule has 0 radical (unpaired) electrons. The average molecular weight is 285 g/mol. The van der Waals surface area contributed by atoms with E-state index in [0.29, 0.717) is 5.04 Å². The zero-order valence-corrected chi connectivity index (χ0v) is 14.4. The highest BCUT2D eigenvalue weighted by molar-refractivity contribution is 6.48. The third kappa shape index (κ3) is 3.25. The molecule has 19 heavy (non-hydrogen) atoms. The summed E-state index contributed by atoms with van der Waals surface area (Å²) in [6.07, 6.45) is 11.1. The topological polar surface area (TPSA) is 18.5 Å². The SMILES string of the molecule is CO[SiH](OC)C1(C2CC(C)CC(C)C2)CCCCC1. The van der Waals surface area contributed by atoms with Crippen molar-refractivity contribution in [2.24, 2.45) is 17.8 Å². The van der Waals surface area contributed by atoms with Gasteiger partial charge in [0.25, 0.3) is 0 Å². The molecule has 0 aliphatic heterocycles. The van der Waals surface area contributed by atoms with Crippen LogP contribution in [0.25, 0.3) is 0 Å². The van der Waals surface area contributed by atoms with Gasteiger partial charge in [0.15, 0.2) is 0 Å². The molecule has 2 saturated carbocycles. The van der Waals surface area contributed by atoms with Crippen molar-refractivity contribution in [1.82, 2.24) is 0 Å². The molecule has 0 spiro atoms. The molecule has 2 aliphatic carbocycles. The molecule has 0 heterocycles. The van der Waals surface area contributed by atoms with E-state index in [1.165, 1.54) is 51.4 Å². The van der Waals surface area contributed by atoms with Gasteiger partial charge in [0.05, 0.1) is 0 Å². The Morgan fingerprint density at radius 1 is 0.842 bits per heavy atom. The molecule has 2 fully saturated rings. The zero-order valence-electron chi connectivity index (χ0n) is 13.3. The van der Waals surface area contributed by atoms with E-state index in [4.69, 9.17) is 8.85 Å². The van der Waals surface area contributed by atoms with Crippen LogP contribution in [-0.2, 0) is 8.85 Å². The van der Waals surface area contributed by atoms with E-state index in [1.807, 2.05) is 14.2 Å². The van der Waals surface area contributed by atoms with Gasteiger partial charge in [-0.1, -0.05) is 33.1 Å². The maximum Gasteiger partial charge on any atom is 0.327 e. The molecule has 2 aliphatic rings. The normalized spacial score (nSPS) is 35.5. The first-order chi connectivity index (χ1) is 9.12. The summed E-state index contributed by atoms with van der Waals surface area (Å²) >= 11 is 0. The summed E-state index contributed by atoms with van der Waals surface area (Å²) < 4.78 is 11.8. The zero-order chi connectivity index (χ0) is 13.9. The second-order valence-electron chi connectivity index (χ2n) is 7.21. The van der Waals surface area contributed by atoms with Crippen LogP contribution in [0.3, 0.4) is 0 Å². The van der Waals surface area contributed by atoms with E-state index in [2.05, 4.69) is 13.8 Å². The largest absolute Gasteiger partial charge is 0.400 e. The summed E-state index contributed by atoms with van der Waals surface area (Å²) in [6.45, 7) is 4.88. The van der Waals surface area contributed by atoms with E-state index < -0.39 is 9.28 Å². The Bertz CT molecular complexity index is 262. The summed E-state index contributed by atoms with van der Waals surface area (Å²) in [5.41, 5.74) is 0. The lowest BCUT2D eigenvalue weighted by Gasteiger charge is -2.49. The van der Waals surface area contributed by atoms with Gasteiger partial charge >= 0.3 is 9.28 Å². The third-order valence-electron chi connectivity index (χ3n) is 5.67. The predicted octanol–water partition coefficient (Wildman–Crippen LogP) is 4.28. The van der Waals surface area contributed by atoms with Crippen LogP contribution in [0.15, 0.2) is 0 Å². The Morgan fingerprint density at radius 2 is 1.37 bits per heavy atom. The summed E-state index contributed by atoms with van der Waals surface area (Å²) in [5.74, 6) is 2.62. The van der Waals surface area contributed by atoms with Crippen molar-refractivity contribution in [1.29, 1.82) is 0 Å². The molecule has 0 aromatic rings. The maximum atomic E-state index is 5.88. The smallest absolute Gasteiger partial charge is 0.327 e. The molecule has 2 unspecified atom stereocenters. The van der Waals surface area contributed by atoms with Crippen LogP contribution in [0.5, 0.6) is 0 Å². The minimum atomic E-state index is -1.54. The Balaban J connectivity index is 2.20. The maximum absolute atomic E-state index is 5.88. The average Bonchev–Trinajstić information content (AvgIpc) is 2.40. The van der Waals surface area contributed by atoms with Gasteiger partial charge in [0.1, 0.15) is 0 Å². The van der Waals surface area contributed by atoms with Crippen LogP contribution in [0, 0.1) is 17.8 Å². The molecule has 0 N–H and O–H groups in total. The fraction of sp³-hybridized carbons (Fsp3) is 1.00. The molecule has 2 nitrogen and oxygen atoms in total. The number of hydrogen-bond donors (Lipinski definition) is 0. The first kappa shape index (κ1) is 15.5. The van der Waals surface area contributed by atoms with Gasteiger partial charge in [0, 0.05) is 19.3 Å². The van der Waals surface area contributed by atoms with E-state index in [0.717, 1.165) is 17.8 Å². The highest BCUT2D eigenvalue weighted by Gasteiger charge is 2.50. The predicted molar refractivity (Wildman–Crippen MR) is 82.6 cm³/mol. The van der Waals surface area contributed by atoms with Crippen molar-refractivity contribution >= 4 is 9.28 Å². The fourth-order valence-corrected chi connectivity index (χ4v) is 7.70. The molecule has 0 amide bonds. The van der Waals surface area contributed by atoms with Crippen LogP contribution in [0.2, 0.25) is 5.04 Å². The van der Waals surface area contributed by atoms with Crippen molar-refractivity contribution in [2.75, 3.05) is 14.2 Å². The Labute approximate surface area is 121 Å². The van der Waals surface area contributed by atoms with Crippen LogP contribution in [0.1, 0.15) is 65.2 Å². The molecule has 0 aromatic carbocycles. The van der Waals surface area contributed by atoms with Crippen molar-refractivity contribution in [3.8, 4) is 0 Å². The minimum absolute atomic E-state index is 0.421. The second kappa shape index (κ2) is 6.73. The van der Waals surface area contributed by atoms with E-state index in [1.54, 1.807) is 0 Å². The molecular weight excluding hydrogens is 252 g/mol. The van der Waals surface area contributed by atoms with E-state index in [-0.39, 0.29) is 0 Å². The summed E-state index contributed by atoms with van der Waals surface area (Å²) in [7, 11) is 2.23. The standard InChI is InChI=1S/C16H32O2Si/c1-13-10-14(2)12-15(11-13)16(19(17-3)18-4)8-6-5-7-9-16/h13-15,19H,5-12H2,1-4H3.